The monoisotopic (exact) mass is 416 g/mol. The molecule has 0 radical (unpaired) electrons. The van der Waals surface area contributed by atoms with Crippen LogP contribution in [-0.4, -0.2) is 21.4 Å². The molecular weight excluding hydrogens is 368 g/mol. The average molecular weight is 417 g/mol. The third-order valence-electron chi connectivity index (χ3n) is 10.6. The van der Waals surface area contributed by atoms with Gasteiger partial charge in [0.05, 0.1) is 11.2 Å². The fraction of sp³-hybridized carbons (Fsp3) is 0.929. The van der Waals surface area contributed by atoms with Crippen LogP contribution in [0.15, 0.2) is 11.6 Å². The molecule has 30 heavy (non-hydrogen) atoms. The van der Waals surface area contributed by atoms with Gasteiger partial charge in [-0.1, -0.05) is 45.3 Å². The van der Waals surface area contributed by atoms with Crippen LogP contribution in [-0.2, 0) is 0 Å². The normalized spacial score (nSPS) is 47.1. The first-order valence-electron chi connectivity index (χ1n) is 13.0. The predicted molar refractivity (Wildman–Crippen MR) is 125 cm³/mol. The Morgan fingerprint density at radius 1 is 1.07 bits per heavy atom. The lowest BCUT2D eigenvalue weighted by molar-refractivity contribution is -0.0707. The highest BCUT2D eigenvalue weighted by atomic mass is 16.3. The van der Waals surface area contributed by atoms with Gasteiger partial charge >= 0.3 is 0 Å². The van der Waals surface area contributed by atoms with Crippen LogP contribution in [0.5, 0.6) is 0 Å². The zero-order valence-electron chi connectivity index (χ0n) is 20.6. The highest BCUT2D eigenvalue weighted by Crippen LogP contribution is 2.67. The van der Waals surface area contributed by atoms with E-state index < -0.39 is 11.2 Å². The number of hydrogen-bond donors (Lipinski definition) is 2. The molecule has 4 aliphatic rings. The summed E-state index contributed by atoms with van der Waals surface area (Å²) < 4.78 is 0. The van der Waals surface area contributed by atoms with Crippen LogP contribution in [0, 0.1) is 40.4 Å². The summed E-state index contributed by atoms with van der Waals surface area (Å²) >= 11 is 0. The molecule has 2 N–H and O–H groups in total. The van der Waals surface area contributed by atoms with Gasteiger partial charge in [0.2, 0.25) is 0 Å². The minimum Gasteiger partial charge on any atom is -0.390 e. The van der Waals surface area contributed by atoms with Crippen molar-refractivity contribution in [3.05, 3.63) is 11.6 Å². The number of rotatable bonds is 5. The Hall–Kier alpha value is -0.340. The summed E-state index contributed by atoms with van der Waals surface area (Å²) in [5.41, 5.74) is 1.42. The molecule has 0 saturated heterocycles. The van der Waals surface area contributed by atoms with Gasteiger partial charge in [0.15, 0.2) is 0 Å². The smallest absolute Gasteiger partial charge is 0.0657 e. The molecule has 0 aromatic carbocycles. The van der Waals surface area contributed by atoms with Crippen LogP contribution in [0.1, 0.15) is 112 Å². The molecule has 3 fully saturated rings. The van der Waals surface area contributed by atoms with Crippen LogP contribution < -0.4 is 0 Å². The van der Waals surface area contributed by atoms with Crippen LogP contribution in [0.2, 0.25) is 0 Å². The van der Waals surface area contributed by atoms with Crippen molar-refractivity contribution in [2.24, 2.45) is 40.4 Å². The first-order chi connectivity index (χ1) is 13.9. The second-order valence-corrected chi connectivity index (χ2v) is 13.3. The Kier molecular flexibility index (Phi) is 5.80. The zero-order chi connectivity index (χ0) is 21.9. The van der Waals surface area contributed by atoms with Crippen LogP contribution in [0.4, 0.5) is 0 Å². The van der Waals surface area contributed by atoms with Crippen molar-refractivity contribution in [1.29, 1.82) is 0 Å². The lowest BCUT2D eigenvalue weighted by atomic mass is 9.46. The molecule has 8 atom stereocenters. The summed E-state index contributed by atoms with van der Waals surface area (Å²) in [6.45, 7) is 13.6. The third-order valence-corrected chi connectivity index (χ3v) is 10.6. The SMILES string of the molecule is C[C@H](CCCC(C)(C)O)[C@H]1CC[C@H]2C3CC=C4C[C@@](C)(O)CC[C@]4(C)[C@H]3CCC12C. The van der Waals surface area contributed by atoms with Crippen molar-refractivity contribution >= 4 is 0 Å². The van der Waals surface area contributed by atoms with Crippen molar-refractivity contribution in [3.63, 3.8) is 0 Å². The highest BCUT2D eigenvalue weighted by Gasteiger charge is 2.59. The molecule has 172 valence electrons. The highest BCUT2D eigenvalue weighted by molar-refractivity contribution is 5.26. The Morgan fingerprint density at radius 2 is 1.80 bits per heavy atom. The van der Waals surface area contributed by atoms with E-state index in [0.29, 0.717) is 10.8 Å². The second kappa shape index (κ2) is 7.62. The van der Waals surface area contributed by atoms with E-state index in [1.54, 1.807) is 5.57 Å². The van der Waals surface area contributed by atoms with E-state index in [-0.39, 0.29) is 0 Å². The molecule has 0 bridgehead atoms. The molecule has 0 aromatic heterocycles. The molecule has 2 unspecified atom stereocenters. The van der Waals surface area contributed by atoms with Crippen LogP contribution >= 0.6 is 0 Å². The zero-order valence-corrected chi connectivity index (χ0v) is 20.6. The lowest BCUT2D eigenvalue weighted by Crippen LogP contribution is -2.52. The average Bonchev–Trinajstić information content (AvgIpc) is 2.98. The molecule has 4 rings (SSSR count). The maximum atomic E-state index is 10.7. The fourth-order valence-electron chi connectivity index (χ4n) is 8.84. The molecule has 4 aliphatic carbocycles. The molecule has 0 spiro atoms. The summed E-state index contributed by atoms with van der Waals surface area (Å²) in [5, 5.41) is 20.8. The molecule has 2 heteroatoms. The summed E-state index contributed by atoms with van der Waals surface area (Å²) in [6.07, 6.45) is 15.8. The van der Waals surface area contributed by atoms with Gasteiger partial charge in [-0.05, 0) is 119 Å². The lowest BCUT2D eigenvalue weighted by Gasteiger charge is -2.59. The maximum absolute atomic E-state index is 10.7. The molecule has 0 amide bonds. The van der Waals surface area contributed by atoms with Crippen molar-refractivity contribution < 1.29 is 10.2 Å². The van der Waals surface area contributed by atoms with Gasteiger partial charge in [-0.2, -0.15) is 0 Å². The minimum absolute atomic E-state index is 0.336. The summed E-state index contributed by atoms with van der Waals surface area (Å²) in [4.78, 5) is 0. The van der Waals surface area contributed by atoms with E-state index in [4.69, 9.17) is 0 Å². The molecule has 2 nitrogen and oxygen atoms in total. The van der Waals surface area contributed by atoms with Crippen molar-refractivity contribution in [2.45, 2.75) is 123 Å². The first-order valence-corrected chi connectivity index (χ1v) is 13.0. The van der Waals surface area contributed by atoms with E-state index in [9.17, 15) is 10.2 Å². The number of fused-ring (bicyclic) bond motifs is 5. The molecular formula is C28H48O2. The topological polar surface area (TPSA) is 40.5 Å². The van der Waals surface area contributed by atoms with Gasteiger partial charge in [0.25, 0.3) is 0 Å². The van der Waals surface area contributed by atoms with Gasteiger partial charge in [-0.3, -0.25) is 0 Å². The minimum atomic E-state index is -0.522. The fourth-order valence-corrected chi connectivity index (χ4v) is 8.84. The summed E-state index contributed by atoms with van der Waals surface area (Å²) in [6, 6.07) is 0. The van der Waals surface area contributed by atoms with E-state index >= 15 is 0 Å². The Morgan fingerprint density at radius 3 is 2.50 bits per heavy atom. The van der Waals surface area contributed by atoms with Crippen molar-refractivity contribution in [1.82, 2.24) is 0 Å². The van der Waals surface area contributed by atoms with Gasteiger partial charge in [0, 0.05) is 0 Å². The Labute approximate surface area is 185 Å². The van der Waals surface area contributed by atoms with E-state index in [2.05, 4.69) is 26.8 Å². The number of allylic oxidation sites excluding steroid dienone is 1. The molecule has 0 heterocycles. The van der Waals surface area contributed by atoms with Crippen LogP contribution in [0.3, 0.4) is 0 Å². The standard InChI is InChI=1S/C28H48O2/c1-19(8-7-14-25(2,3)29)22-11-12-23-21-10-9-20-18-26(4,30)16-17-27(20,5)24(21)13-15-28(22,23)6/h9,19,21-24,29-30H,7-8,10-18H2,1-6H3/t19-,21?,22-,23+,24+,26+,27+,28?/m1/s1. The second-order valence-electron chi connectivity index (χ2n) is 13.3. The van der Waals surface area contributed by atoms with Crippen molar-refractivity contribution in [2.75, 3.05) is 0 Å². The largest absolute Gasteiger partial charge is 0.390 e. The van der Waals surface area contributed by atoms with Gasteiger partial charge < -0.3 is 10.2 Å². The summed E-state index contributed by atoms with van der Waals surface area (Å²) in [7, 11) is 0. The Balaban J connectivity index is 1.48. The van der Waals surface area contributed by atoms with Gasteiger partial charge in [-0.25, -0.2) is 0 Å². The van der Waals surface area contributed by atoms with Gasteiger partial charge in [0.1, 0.15) is 0 Å². The quantitative estimate of drug-likeness (QED) is 0.479. The number of aliphatic hydroxyl groups is 2. The van der Waals surface area contributed by atoms with E-state index in [1.165, 1.54) is 44.9 Å². The van der Waals surface area contributed by atoms with Crippen LogP contribution in [0.25, 0.3) is 0 Å². The Bertz CT molecular complexity index is 671. The van der Waals surface area contributed by atoms with E-state index in [0.717, 1.165) is 55.3 Å². The molecule has 3 saturated carbocycles. The first kappa shape index (κ1) is 22.8. The molecule has 0 aromatic rings. The third kappa shape index (κ3) is 3.94. The predicted octanol–water partition coefficient (Wildman–Crippen LogP) is 6.89. The summed E-state index contributed by atoms with van der Waals surface area (Å²) in [5.74, 6) is 4.20. The van der Waals surface area contributed by atoms with Gasteiger partial charge in [-0.15, -0.1) is 0 Å². The maximum Gasteiger partial charge on any atom is 0.0657 e. The van der Waals surface area contributed by atoms with E-state index in [1.807, 2.05) is 20.8 Å². The molecule has 0 aliphatic heterocycles. The van der Waals surface area contributed by atoms with Crippen molar-refractivity contribution in [3.8, 4) is 0 Å². The number of hydrogen-bond acceptors (Lipinski definition) is 2.